The number of rotatable bonds is 8. The molecule has 0 radical (unpaired) electrons. The van der Waals surface area contributed by atoms with Crippen molar-refractivity contribution < 1.29 is 23.7 Å². The largest absolute Gasteiger partial charge is 0.472 e. The first kappa shape index (κ1) is 26.9. The van der Waals surface area contributed by atoms with Gasteiger partial charge >= 0.3 is 6.09 Å². The molecule has 0 bridgehead atoms. The van der Waals surface area contributed by atoms with Gasteiger partial charge < -0.3 is 28.4 Å². The predicted octanol–water partition coefficient (Wildman–Crippen LogP) is 5.03. The maximum Gasteiger partial charge on any atom is 0.410 e. The van der Waals surface area contributed by atoms with Crippen LogP contribution in [0.2, 0.25) is 25.7 Å². The summed E-state index contributed by atoms with van der Waals surface area (Å²) in [5, 5.41) is 0.953. The summed E-state index contributed by atoms with van der Waals surface area (Å²) in [4.78, 5) is 23.4. The molecule has 0 N–H and O–H groups in total. The third-order valence-corrected chi connectivity index (χ3v) is 8.32. The molecule has 0 spiro atoms. The highest BCUT2D eigenvalue weighted by molar-refractivity contribution is 6.76. The minimum atomic E-state index is -1.16. The molecule has 2 aromatic rings. The van der Waals surface area contributed by atoms with Gasteiger partial charge in [0.2, 0.25) is 5.88 Å². The molecule has 2 aliphatic rings. The van der Waals surface area contributed by atoms with Gasteiger partial charge in [-0.25, -0.2) is 14.8 Å². The van der Waals surface area contributed by atoms with E-state index in [1.54, 1.807) is 11.2 Å². The van der Waals surface area contributed by atoms with E-state index in [0.717, 1.165) is 56.2 Å². The molecule has 9 nitrogen and oxygen atoms in total. The van der Waals surface area contributed by atoms with E-state index in [-0.39, 0.29) is 12.2 Å². The first-order chi connectivity index (χ1) is 17.0. The summed E-state index contributed by atoms with van der Waals surface area (Å²) in [5.41, 5.74) is 1.50. The van der Waals surface area contributed by atoms with Gasteiger partial charge in [-0.1, -0.05) is 19.6 Å². The van der Waals surface area contributed by atoms with Crippen LogP contribution in [-0.2, 0) is 20.9 Å². The van der Waals surface area contributed by atoms with Crippen molar-refractivity contribution in [2.75, 3.05) is 32.9 Å². The lowest BCUT2D eigenvalue weighted by Gasteiger charge is -2.24. The van der Waals surface area contributed by atoms with E-state index < -0.39 is 13.7 Å². The van der Waals surface area contributed by atoms with Gasteiger partial charge in [0.05, 0.1) is 11.9 Å². The Hall–Kier alpha value is -2.17. The second-order valence-corrected chi connectivity index (χ2v) is 17.7. The van der Waals surface area contributed by atoms with Gasteiger partial charge in [0.25, 0.3) is 0 Å². The molecular formula is C26H42N4O5Si. The molecule has 4 heterocycles. The van der Waals surface area contributed by atoms with E-state index in [2.05, 4.69) is 40.4 Å². The van der Waals surface area contributed by atoms with Crippen LogP contribution in [0.5, 0.6) is 5.88 Å². The number of amides is 1. The zero-order valence-electron chi connectivity index (χ0n) is 22.7. The maximum absolute atomic E-state index is 12.5. The van der Waals surface area contributed by atoms with Gasteiger partial charge in [-0.3, -0.25) is 0 Å². The van der Waals surface area contributed by atoms with E-state index in [1.807, 2.05) is 20.8 Å². The Balaban J connectivity index is 1.54. The van der Waals surface area contributed by atoms with Crippen molar-refractivity contribution in [1.29, 1.82) is 0 Å². The van der Waals surface area contributed by atoms with Crippen LogP contribution in [0, 0.1) is 0 Å². The van der Waals surface area contributed by atoms with Crippen LogP contribution >= 0.6 is 0 Å². The fourth-order valence-electron chi connectivity index (χ4n) is 4.65. The van der Waals surface area contributed by atoms with Gasteiger partial charge in [-0.05, 0) is 51.1 Å². The van der Waals surface area contributed by atoms with E-state index in [4.69, 9.17) is 18.9 Å². The third kappa shape index (κ3) is 6.98. The molecule has 2 saturated heterocycles. The van der Waals surface area contributed by atoms with E-state index in [0.29, 0.717) is 31.6 Å². The van der Waals surface area contributed by atoms with Crippen molar-refractivity contribution in [2.24, 2.45) is 0 Å². The minimum Gasteiger partial charge on any atom is -0.472 e. The van der Waals surface area contributed by atoms with Crippen LogP contribution in [0.25, 0.3) is 11.0 Å². The zero-order valence-corrected chi connectivity index (χ0v) is 23.7. The van der Waals surface area contributed by atoms with Crippen LogP contribution in [0.4, 0.5) is 4.79 Å². The van der Waals surface area contributed by atoms with Gasteiger partial charge in [-0.15, -0.1) is 0 Å². The number of carbonyl (C=O) groups is 1. The zero-order chi connectivity index (χ0) is 25.9. The number of ether oxygens (including phenoxy) is 4. The fourth-order valence-corrected chi connectivity index (χ4v) is 5.40. The summed E-state index contributed by atoms with van der Waals surface area (Å²) in [7, 11) is -1.16. The fraction of sp³-hybridized carbons (Fsp3) is 0.731. The Bertz CT molecular complexity index is 1040. The van der Waals surface area contributed by atoms with Crippen LogP contribution in [0.3, 0.4) is 0 Å². The highest BCUT2D eigenvalue weighted by atomic mass is 28.3. The molecule has 10 heteroatoms. The van der Waals surface area contributed by atoms with Crippen molar-refractivity contribution in [1.82, 2.24) is 19.4 Å². The molecule has 2 fully saturated rings. The van der Waals surface area contributed by atoms with Gasteiger partial charge in [0, 0.05) is 47.1 Å². The highest BCUT2D eigenvalue weighted by Crippen LogP contribution is 2.37. The van der Waals surface area contributed by atoms with Crippen LogP contribution in [0.1, 0.15) is 51.5 Å². The standard InChI is InChI=1S/C26H42N4O5Si/c1-26(2,3)35-25(31)29-10-7-20(15-29)34-24-22-21(19-8-11-32-12-9-19)16-30(23(22)27-17-28-24)18-33-13-14-36(4,5)6/h16-17,19-20H,7-15,18H2,1-6H3/t20-/m1/s1. The Kier molecular flexibility index (Phi) is 8.26. The first-order valence-electron chi connectivity index (χ1n) is 13.1. The lowest BCUT2D eigenvalue weighted by Crippen LogP contribution is -2.36. The molecule has 36 heavy (non-hydrogen) atoms. The molecule has 2 aromatic heterocycles. The lowest BCUT2D eigenvalue weighted by molar-refractivity contribution is 0.0275. The van der Waals surface area contributed by atoms with Crippen molar-refractivity contribution >= 4 is 25.2 Å². The molecule has 0 unspecified atom stereocenters. The summed E-state index contributed by atoms with van der Waals surface area (Å²) < 4.78 is 25.7. The number of aromatic nitrogens is 3. The number of likely N-dealkylation sites (tertiary alicyclic amines) is 1. The Morgan fingerprint density at radius 3 is 2.61 bits per heavy atom. The van der Waals surface area contributed by atoms with Crippen molar-refractivity contribution in [3.05, 3.63) is 18.1 Å². The molecule has 0 aliphatic carbocycles. The number of fused-ring (bicyclic) bond motifs is 1. The monoisotopic (exact) mass is 518 g/mol. The molecule has 0 aromatic carbocycles. The molecule has 4 rings (SSSR count). The molecule has 1 atom stereocenters. The Labute approximate surface area is 215 Å². The van der Waals surface area contributed by atoms with Crippen molar-refractivity contribution in [3.63, 3.8) is 0 Å². The van der Waals surface area contributed by atoms with Crippen LogP contribution in [0.15, 0.2) is 12.5 Å². The van der Waals surface area contributed by atoms with Crippen molar-refractivity contribution in [2.45, 2.75) is 90.1 Å². The normalized spacial score (nSPS) is 19.7. The predicted molar refractivity (Wildman–Crippen MR) is 141 cm³/mol. The van der Waals surface area contributed by atoms with Crippen molar-refractivity contribution in [3.8, 4) is 5.88 Å². The molecular weight excluding hydrogens is 476 g/mol. The van der Waals surface area contributed by atoms with Crippen LogP contribution < -0.4 is 4.74 Å². The summed E-state index contributed by atoms with van der Waals surface area (Å²) >= 11 is 0. The SMILES string of the molecule is CC(C)(C)OC(=O)N1CC[C@@H](Oc2ncnc3c2c(C2CCOCC2)cn3COCC[Si](C)(C)C)C1. The summed E-state index contributed by atoms with van der Waals surface area (Å²) in [6.45, 7) is 16.5. The molecule has 2 aliphatic heterocycles. The summed E-state index contributed by atoms with van der Waals surface area (Å²) in [6, 6.07) is 1.12. The second kappa shape index (κ2) is 11.1. The third-order valence-electron chi connectivity index (χ3n) is 6.61. The highest BCUT2D eigenvalue weighted by Gasteiger charge is 2.32. The maximum atomic E-state index is 12.5. The van der Waals surface area contributed by atoms with Gasteiger partial charge in [-0.2, -0.15) is 0 Å². The van der Waals surface area contributed by atoms with Gasteiger partial charge in [0.15, 0.2) is 0 Å². The summed E-state index contributed by atoms with van der Waals surface area (Å²) in [6.07, 6.45) is 5.93. The van der Waals surface area contributed by atoms with E-state index in [9.17, 15) is 4.79 Å². The molecule has 1 amide bonds. The number of hydrogen-bond acceptors (Lipinski definition) is 7. The Morgan fingerprint density at radius 2 is 1.92 bits per heavy atom. The van der Waals surface area contributed by atoms with E-state index in [1.165, 1.54) is 5.56 Å². The molecule has 200 valence electrons. The average molecular weight is 519 g/mol. The quantitative estimate of drug-likeness (QED) is 0.358. The minimum absolute atomic E-state index is 0.144. The smallest absolute Gasteiger partial charge is 0.410 e. The number of carbonyl (C=O) groups excluding carboxylic acids is 1. The molecule has 0 saturated carbocycles. The number of nitrogens with zero attached hydrogens (tertiary/aromatic N) is 4. The van der Waals surface area contributed by atoms with E-state index >= 15 is 0 Å². The summed E-state index contributed by atoms with van der Waals surface area (Å²) in [5.74, 6) is 0.943. The lowest BCUT2D eigenvalue weighted by atomic mass is 9.92. The number of hydrogen-bond donors (Lipinski definition) is 0. The van der Waals surface area contributed by atoms with Crippen LogP contribution in [-0.4, -0.2) is 78.2 Å². The average Bonchev–Trinajstić information content (AvgIpc) is 3.41. The first-order valence-corrected chi connectivity index (χ1v) is 16.8. The Morgan fingerprint density at radius 1 is 1.17 bits per heavy atom. The second-order valence-electron chi connectivity index (χ2n) is 12.1. The van der Waals surface area contributed by atoms with Gasteiger partial charge in [0.1, 0.15) is 30.4 Å². The topological polar surface area (TPSA) is 87.9 Å².